The lowest BCUT2D eigenvalue weighted by molar-refractivity contribution is -0.880. The van der Waals surface area contributed by atoms with Gasteiger partial charge < -0.3 is 14.0 Å². The van der Waals surface area contributed by atoms with Gasteiger partial charge in [0.25, 0.3) is 0 Å². The minimum atomic E-state index is -0.335. The van der Waals surface area contributed by atoms with Crippen molar-refractivity contribution in [3.63, 3.8) is 0 Å². The van der Waals surface area contributed by atoms with Crippen LogP contribution in [0.3, 0.4) is 0 Å². The molecule has 1 heterocycles. The van der Waals surface area contributed by atoms with E-state index >= 15 is 0 Å². The van der Waals surface area contributed by atoms with E-state index in [1.54, 1.807) is 0 Å². The van der Waals surface area contributed by atoms with Crippen LogP contribution in [-0.4, -0.2) is 55.8 Å². The third kappa shape index (κ3) is 27.0. The molecule has 0 aromatic carbocycles. The number of esters is 2. The van der Waals surface area contributed by atoms with Crippen molar-refractivity contribution in [1.82, 2.24) is 0 Å². The Kier molecular flexibility index (Phi) is 28.1. The van der Waals surface area contributed by atoms with Gasteiger partial charge in [-0.3, -0.25) is 9.59 Å². The maximum atomic E-state index is 12.6. The molecule has 2 atom stereocenters. The van der Waals surface area contributed by atoms with Crippen LogP contribution < -0.4 is 0 Å². The van der Waals surface area contributed by atoms with Crippen LogP contribution in [0.25, 0.3) is 0 Å². The summed E-state index contributed by atoms with van der Waals surface area (Å²) in [6, 6.07) is 0. The minimum absolute atomic E-state index is 0.146. The van der Waals surface area contributed by atoms with E-state index in [0.29, 0.717) is 30.4 Å². The van der Waals surface area contributed by atoms with E-state index in [1.165, 1.54) is 141 Å². The molecule has 1 aliphatic heterocycles. The predicted octanol–water partition coefficient (Wildman–Crippen LogP) is 12.0. The fourth-order valence-corrected chi connectivity index (χ4v) is 6.65. The van der Waals surface area contributed by atoms with Gasteiger partial charge in [-0.2, -0.15) is 0 Å². The normalized spacial score (nSPS) is 17.6. The van der Waals surface area contributed by atoms with Crippen LogP contribution in [0.15, 0.2) is 24.3 Å². The average Bonchev–Trinajstić information content (AvgIpc) is 3.32. The molecule has 1 rings (SSSR count). The molecule has 0 aliphatic carbocycles. The molecule has 1 saturated heterocycles. The summed E-state index contributed by atoms with van der Waals surface area (Å²) >= 11 is 0. The molecule has 5 heteroatoms. The third-order valence-electron chi connectivity index (χ3n) is 9.61. The molecule has 5 nitrogen and oxygen atoms in total. The van der Waals surface area contributed by atoms with E-state index in [-0.39, 0.29) is 24.1 Å². The molecule has 0 aromatic rings. The first-order valence-electron chi connectivity index (χ1n) is 20.4. The Morgan fingerprint density at radius 2 is 0.745 bits per heavy atom. The number of carbonyl (C=O) groups excluding carboxylic acids is 2. The van der Waals surface area contributed by atoms with Gasteiger partial charge in [-0.05, 0) is 64.2 Å². The number of carbonyl (C=O) groups is 2. The van der Waals surface area contributed by atoms with Gasteiger partial charge in [0, 0.05) is 12.8 Å². The highest BCUT2D eigenvalue weighted by Gasteiger charge is 2.45. The van der Waals surface area contributed by atoms with Crippen molar-refractivity contribution < 1.29 is 23.5 Å². The number of quaternary nitrogens is 1. The second-order valence-electron chi connectivity index (χ2n) is 15.0. The lowest BCUT2D eigenvalue weighted by Gasteiger charge is -2.22. The molecular formula is C42H78NO4+. The van der Waals surface area contributed by atoms with Crippen molar-refractivity contribution in [2.45, 2.75) is 206 Å². The van der Waals surface area contributed by atoms with Gasteiger partial charge in [0.05, 0.1) is 14.1 Å². The molecule has 0 N–H and O–H groups in total. The van der Waals surface area contributed by atoms with E-state index in [9.17, 15) is 9.59 Å². The molecule has 0 bridgehead atoms. The van der Waals surface area contributed by atoms with Crippen LogP contribution in [0.5, 0.6) is 0 Å². The summed E-state index contributed by atoms with van der Waals surface area (Å²) in [5.41, 5.74) is 0. The Morgan fingerprint density at radius 1 is 0.468 bits per heavy atom. The lowest BCUT2D eigenvalue weighted by atomic mass is 10.1. The number of likely N-dealkylation sites (tertiary alicyclic amines) is 1. The molecule has 0 saturated carbocycles. The van der Waals surface area contributed by atoms with E-state index in [4.69, 9.17) is 9.47 Å². The van der Waals surface area contributed by atoms with Crippen molar-refractivity contribution in [2.24, 2.45) is 0 Å². The number of hydrogen-bond donors (Lipinski definition) is 0. The maximum Gasteiger partial charge on any atom is 0.306 e. The predicted molar refractivity (Wildman–Crippen MR) is 201 cm³/mol. The minimum Gasteiger partial charge on any atom is -0.452 e. The van der Waals surface area contributed by atoms with Gasteiger partial charge >= 0.3 is 11.9 Å². The number of allylic oxidation sites excluding steroid dienone is 4. The highest BCUT2D eigenvalue weighted by molar-refractivity contribution is 5.70. The second-order valence-corrected chi connectivity index (χ2v) is 15.0. The van der Waals surface area contributed by atoms with E-state index in [1.807, 2.05) is 0 Å². The Hall–Kier alpha value is -1.62. The van der Waals surface area contributed by atoms with Crippen LogP contribution in [0.1, 0.15) is 194 Å². The van der Waals surface area contributed by atoms with Gasteiger partial charge in [-0.25, -0.2) is 0 Å². The molecule has 274 valence electrons. The van der Waals surface area contributed by atoms with Gasteiger partial charge in [0.1, 0.15) is 13.1 Å². The van der Waals surface area contributed by atoms with E-state index in [2.05, 4.69) is 52.2 Å². The monoisotopic (exact) mass is 661 g/mol. The van der Waals surface area contributed by atoms with Crippen molar-refractivity contribution in [3.05, 3.63) is 24.3 Å². The first-order valence-corrected chi connectivity index (χ1v) is 20.4. The Balaban J connectivity index is 2.07. The van der Waals surface area contributed by atoms with Gasteiger partial charge in [-0.1, -0.05) is 141 Å². The molecular weight excluding hydrogens is 582 g/mol. The summed E-state index contributed by atoms with van der Waals surface area (Å²) in [5, 5.41) is 0. The molecule has 0 spiro atoms. The zero-order valence-corrected chi connectivity index (χ0v) is 31.8. The summed E-state index contributed by atoms with van der Waals surface area (Å²) in [6.07, 6.45) is 42.0. The van der Waals surface area contributed by atoms with Crippen LogP contribution >= 0.6 is 0 Å². The zero-order valence-electron chi connectivity index (χ0n) is 31.8. The molecule has 1 aliphatic rings. The summed E-state index contributed by atoms with van der Waals surface area (Å²) in [4.78, 5) is 25.2. The summed E-state index contributed by atoms with van der Waals surface area (Å²) in [7, 11) is 4.23. The number of likely N-dealkylation sites (N-methyl/N-ethyl adjacent to an activating group) is 1. The number of hydrogen-bond acceptors (Lipinski definition) is 4. The first kappa shape index (κ1) is 43.4. The van der Waals surface area contributed by atoms with E-state index in [0.717, 1.165) is 25.7 Å². The molecule has 0 amide bonds. The fraction of sp³-hybridized carbons (Fsp3) is 0.857. The van der Waals surface area contributed by atoms with Gasteiger partial charge in [0.2, 0.25) is 0 Å². The van der Waals surface area contributed by atoms with Crippen LogP contribution in [0.4, 0.5) is 0 Å². The average molecular weight is 661 g/mol. The highest BCUT2D eigenvalue weighted by atomic mass is 16.6. The quantitative estimate of drug-likeness (QED) is 0.0312. The summed E-state index contributed by atoms with van der Waals surface area (Å²) in [6.45, 7) is 5.93. The molecule has 1 fully saturated rings. The van der Waals surface area contributed by atoms with Crippen LogP contribution in [0.2, 0.25) is 0 Å². The largest absolute Gasteiger partial charge is 0.452 e. The number of ether oxygens (including phenoxy) is 2. The van der Waals surface area contributed by atoms with Gasteiger partial charge in [-0.15, -0.1) is 0 Å². The van der Waals surface area contributed by atoms with Crippen molar-refractivity contribution in [1.29, 1.82) is 0 Å². The Labute approximate surface area is 292 Å². The lowest BCUT2D eigenvalue weighted by Crippen LogP contribution is -2.38. The number of rotatable bonds is 32. The summed E-state index contributed by atoms with van der Waals surface area (Å²) in [5.74, 6) is -0.291. The van der Waals surface area contributed by atoms with Crippen molar-refractivity contribution >= 4 is 11.9 Å². The molecule has 0 unspecified atom stereocenters. The van der Waals surface area contributed by atoms with Crippen molar-refractivity contribution in [2.75, 3.05) is 27.2 Å². The summed E-state index contributed by atoms with van der Waals surface area (Å²) < 4.78 is 12.4. The molecule has 0 radical (unpaired) electrons. The Morgan fingerprint density at radius 3 is 1.06 bits per heavy atom. The topological polar surface area (TPSA) is 52.6 Å². The highest BCUT2D eigenvalue weighted by Crippen LogP contribution is 2.23. The number of nitrogens with zero attached hydrogens (tertiary/aromatic N) is 1. The fourth-order valence-electron chi connectivity index (χ4n) is 6.65. The SMILES string of the molecule is CCCCCCCC/C=C\CCCCCCCC(=O)O[C@@H]1C[N+](C)(C)C[C@H]1OC(=O)CCCCCCC/C=C\CCCCCCCC. The molecule has 47 heavy (non-hydrogen) atoms. The Bertz CT molecular complexity index is 740. The van der Waals surface area contributed by atoms with Crippen LogP contribution in [-0.2, 0) is 19.1 Å². The maximum absolute atomic E-state index is 12.6. The third-order valence-corrected chi connectivity index (χ3v) is 9.61. The zero-order chi connectivity index (χ0) is 34.3. The second kappa shape index (κ2) is 30.4. The molecule has 0 aromatic heterocycles. The van der Waals surface area contributed by atoms with Crippen molar-refractivity contribution in [3.8, 4) is 0 Å². The van der Waals surface area contributed by atoms with E-state index < -0.39 is 0 Å². The first-order chi connectivity index (χ1) is 22.9. The smallest absolute Gasteiger partial charge is 0.306 e. The number of unbranched alkanes of at least 4 members (excludes halogenated alkanes) is 22. The standard InChI is InChI=1S/C42H78NO4/c1-5-7-9-11-13-15-17-19-21-23-25-27-29-31-33-35-41(44)46-39-37-43(3,4)38-40(39)47-42(45)36-34-32-30-28-26-24-22-20-18-16-14-12-10-8-6-2/h19-22,39-40H,5-18,23-38H2,1-4H3/q+1/b21-19-,22-20-/t39-,40-/m1/s1. The van der Waals surface area contributed by atoms with Gasteiger partial charge in [0.15, 0.2) is 12.2 Å². The van der Waals surface area contributed by atoms with Crippen LogP contribution in [0, 0.1) is 0 Å².